The number of hydrogen-bond donors (Lipinski definition) is 2. The Labute approximate surface area is 89.0 Å². The van der Waals surface area contributed by atoms with Gasteiger partial charge in [-0.05, 0) is 31.9 Å². The molecule has 82 valence electrons. The molecule has 4 heteroatoms. The lowest BCUT2D eigenvalue weighted by Gasteiger charge is -2.10. The van der Waals surface area contributed by atoms with Crippen LogP contribution >= 0.6 is 0 Å². The van der Waals surface area contributed by atoms with Crippen molar-refractivity contribution in [1.29, 1.82) is 0 Å². The van der Waals surface area contributed by atoms with Crippen molar-refractivity contribution in [3.05, 3.63) is 24.2 Å². The molecule has 0 unspecified atom stereocenters. The van der Waals surface area contributed by atoms with Gasteiger partial charge >= 0.3 is 0 Å². The van der Waals surface area contributed by atoms with E-state index in [9.17, 15) is 4.79 Å². The second-order valence-electron chi connectivity index (χ2n) is 3.96. The van der Waals surface area contributed by atoms with Gasteiger partial charge in [-0.2, -0.15) is 0 Å². The molecule has 2 N–H and O–H groups in total. The van der Waals surface area contributed by atoms with Gasteiger partial charge in [0.1, 0.15) is 5.76 Å². The van der Waals surface area contributed by atoms with Crippen LogP contribution in [-0.4, -0.2) is 18.5 Å². The Hall–Kier alpha value is -1.29. The second-order valence-corrected chi connectivity index (χ2v) is 3.96. The Morgan fingerprint density at radius 2 is 2.47 bits per heavy atom. The molecule has 0 saturated heterocycles. The van der Waals surface area contributed by atoms with E-state index in [0.717, 1.165) is 18.6 Å². The summed E-state index contributed by atoms with van der Waals surface area (Å²) in [5.41, 5.74) is 0. The van der Waals surface area contributed by atoms with E-state index in [2.05, 4.69) is 10.6 Å². The molecule has 1 aromatic heterocycles. The fourth-order valence-electron chi connectivity index (χ4n) is 1.39. The number of nitrogens with one attached hydrogen (secondary N) is 2. The van der Waals surface area contributed by atoms with E-state index in [-0.39, 0.29) is 11.9 Å². The highest BCUT2D eigenvalue weighted by atomic mass is 16.3. The number of carbonyl (C=O) groups is 1. The number of amides is 1. The number of furan rings is 1. The Bertz CT molecular complexity index is 317. The van der Waals surface area contributed by atoms with Crippen molar-refractivity contribution in [2.75, 3.05) is 6.54 Å². The van der Waals surface area contributed by atoms with Gasteiger partial charge in [-0.15, -0.1) is 0 Å². The van der Waals surface area contributed by atoms with E-state index in [1.54, 1.807) is 6.26 Å². The Morgan fingerprint density at radius 3 is 3.07 bits per heavy atom. The zero-order valence-electron chi connectivity index (χ0n) is 8.82. The van der Waals surface area contributed by atoms with Crippen molar-refractivity contribution in [1.82, 2.24) is 10.6 Å². The maximum absolute atomic E-state index is 11.4. The van der Waals surface area contributed by atoms with Crippen molar-refractivity contribution in [3.63, 3.8) is 0 Å². The average Bonchev–Trinajstić information content (AvgIpc) is 2.86. The van der Waals surface area contributed by atoms with Crippen molar-refractivity contribution in [2.45, 2.75) is 31.8 Å². The molecule has 1 atom stereocenters. The monoisotopic (exact) mass is 208 g/mol. The highest BCUT2D eigenvalue weighted by Crippen LogP contribution is 2.18. The summed E-state index contributed by atoms with van der Waals surface area (Å²) < 4.78 is 5.23. The molecule has 0 radical (unpaired) electrons. The average molecular weight is 208 g/mol. The van der Waals surface area contributed by atoms with Crippen LogP contribution in [0.25, 0.3) is 0 Å². The summed E-state index contributed by atoms with van der Waals surface area (Å²) in [4.78, 5) is 11.4. The predicted molar refractivity (Wildman–Crippen MR) is 56.3 cm³/mol. The first-order valence-electron chi connectivity index (χ1n) is 5.32. The molecule has 1 aliphatic rings. The normalized spacial score (nSPS) is 17.4. The second kappa shape index (κ2) is 4.49. The Morgan fingerprint density at radius 1 is 1.67 bits per heavy atom. The van der Waals surface area contributed by atoms with Gasteiger partial charge in [-0.25, -0.2) is 0 Å². The summed E-state index contributed by atoms with van der Waals surface area (Å²) in [5, 5.41) is 6.03. The first-order chi connectivity index (χ1) is 7.25. The van der Waals surface area contributed by atoms with Crippen molar-refractivity contribution in [3.8, 4) is 0 Å². The van der Waals surface area contributed by atoms with E-state index in [0.29, 0.717) is 12.6 Å². The largest absolute Gasteiger partial charge is 0.468 e. The topological polar surface area (TPSA) is 54.3 Å². The quantitative estimate of drug-likeness (QED) is 0.764. The molecule has 0 bridgehead atoms. The summed E-state index contributed by atoms with van der Waals surface area (Å²) in [5.74, 6) is 0.921. The minimum absolute atomic E-state index is 0.0657. The van der Waals surface area contributed by atoms with Crippen molar-refractivity contribution < 1.29 is 9.21 Å². The molecule has 0 aliphatic heterocycles. The van der Waals surface area contributed by atoms with Crippen LogP contribution in [0.4, 0.5) is 0 Å². The zero-order chi connectivity index (χ0) is 10.7. The third-order valence-electron chi connectivity index (χ3n) is 2.48. The fraction of sp³-hybridized carbons (Fsp3) is 0.545. The van der Waals surface area contributed by atoms with Crippen LogP contribution in [0.2, 0.25) is 0 Å². The van der Waals surface area contributed by atoms with Crippen LogP contribution < -0.4 is 10.6 Å². The highest BCUT2D eigenvalue weighted by Gasteiger charge is 2.23. The molecule has 1 amide bonds. The molecular formula is C11H16N2O2. The fourth-order valence-corrected chi connectivity index (χ4v) is 1.39. The van der Waals surface area contributed by atoms with E-state index < -0.39 is 0 Å². The molecule has 0 spiro atoms. The first-order valence-corrected chi connectivity index (χ1v) is 5.32. The van der Waals surface area contributed by atoms with Crippen LogP contribution in [0.3, 0.4) is 0 Å². The van der Waals surface area contributed by atoms with Gasteiger partial charge in [0, 0.05) is 6.04 Å². The van der Waals surface area contributed by atoms with Crippen LogP contribution in [-0.2, 0) is 4.79 Å². The van der Waals surface area contributed by atoms with E-state index in [1.165, 1.54) is 0 Å². The predicted octanol–water partition coefficient (Wildman–Crippen LogP) is 1.21. The summed E-state index contributed by atoms with van der Waals surface area (Å²) in [6, 6.07) is 4.25. The molecule has 1 aliphatic carbocycles. The molecule has 1 aromatic rings. The van der Waals surface area contributed by atoms with Crippen molar-refractivity contribution in [2.24, 2.45) is 0 Å². The first kappa shape index (κ1) is 10.2. The van der Waals surface area contributed by atoms with Crippen LogP contribution in [0.1, 0.15) is 31.6 Å². The third kappa shape index (κ3) is 3.09. The maximum atomic E-state index is 11.4. The van der Waals surface area contributed by atoms with Crippen molar-refractivity contribution >= 4 is 5.91 Å². The highest BCUT2D eigenvalue weighted by molar-refractivity contribution is 5.78. The number of rotatable bonds is 5. The molecule has 1 fully saturated rings. The Kier molecular flexibility index (Phi) is 3.06. The van der Waals surface area contributed by atoms with Gasteiger partial charge in [-0.1, -0.05) is 0 Å². The molecular weight excluding hydrogens is 192 g/mol. The molecule has 4 nitrogen and oxygen atoms in total. The standard InChI is InChI=1S/C11H16N2O2/c1-8(10-3-2-6-15-10)12-7-11(14)13-9-4-5-9/h2-3,6,8-9,12H,4-5,7H2,1H3,(H,13,14)/t8-/m1/s1. The number of carbonyl (C=O) groups excluding carboxylic acids is 1. The molecule has 2 rings (SSSR count). The maximum Gasteiger partial charge on any atom is 0.234 e. The zero-order valence-corrected chi connectivity index (χ0v) is 8.82. The summed E-state index contributed by atoms with van der Waals surface area (Å²) >= 11 is 0. The summed E-state index contributed by atoms with van der Waals surface area (Å²) in [7, 11) is 0. The van der Waals surface area contributed by atoms with Crippen LogP contribution in [0, 0.1) is 0 Å². The van der Waals surface area contributed by atoms with Gasteiger partial charge in [-0.3, -0.25) is 10.1 Å². The lowest BCUT2D eigenvalue weighted by molar-refractivity contribution is -0.120. The lowest BCUT2D eigenvalue weighted by atomic mass is 10.2. The van der Waals surface area contributed by atoms with Gasteiger partial charge in [0.15, 0.2) is 0 Å². The van der Waals surface area contributed by atoms with Gasteiger partial charge in [0.2, 0.25) is 5.91 Å². The molecule has 0 aromatic carbocycles. The minimum atomic E-state index is 0.0657. The molecule has 15 heavy (non-hydrogen) atoms. The van der Waals surface area contributed by atoms with E-state index >= 15 is 0 Å². The number of hydrogen-bond acceptors (Lipinski definition) is 3. The molecule has 1 heterocycles. The lowest BCUT2D eigenvalue weighted by Crippen LogP contribution is -2.36. The van der Waals surface area contributed by atoms with E-state index in [4.69, 9.17) is 4.42 Å². The molecule has 1 saturated carbocycles. The van der Waals surface area contributed by atoms with Gasteiger partial charge < -0.3 is 9.73 Å². The van der Waals surface area contributed by atoms with Crippen LogP contribution in [0.5, 0.6) is 0 Å². The minimum Gasteiger partial charge on any atom is -0.468 e. The van der Waals surface area contributed by atoms with Gasteiger partial charge in [0.05, 0.1) is 18.8 Å². The van der Waals surface area contributed by atoms with Crippen LogP contribution in [0.15, 0.2) is 22.8 Å². The smallest absolute Gasteiger partial charge is 0.234 e. The summed E-state index contributed by atoms with van der Waals surface area (Å²) in [6.45, 7) is 2.32. The SMILES string of the molecule is C[C@@H](NCC(=O)NC1CC1)c1ccco1. The van der Waals surface area contributed by atoms with Gasteiger partial charge in [0.25, 0.3) is 0 Å². The summed E-state index contributed by atoms with van der Waals surface area (Å²) in [6.07, 6.45) is 3.89. The van der Waals surface area contributed by atoms with E-state index in [1.807, 2.05) is 19.1 Å². The third-order valence-corrected chi connectivity index (χ3v) is 2.48. The Balaban J connectivity index is 1.70.